The van der Waals surface area contributed by atoms with Gasteiger partial charge in [-0.25, -0.2) is 4.39 Å². The number of nitrogens with zero attached hydrogens (tertiary/aromatic N) is 1. The van der Waals surface area contributed by atoms with Gasteiger partial charge in [0.1, 0.15) is 11.6 Å². The van der Waals surface area contributed by atoms with E-state index in [2.05, 4.69) is 0 Å². The Hall–Kier alpha value is -1.81. The van der Waals surface area contributed by atoms with Gasteiger partial charge in [-0.2, -0.15) is 0 Å². The summed E-state index contributed by atoms with van der Waals surface area (Å²) in [6, 6.07) is 8.22. The van der Waals surface area contributed by atoms with Crippen LogP contribution in [0.4, 0.5) is 10.1 Å². The summed E-state index contributed by atoms with van der Waals surface area (Å²) in [7, 11) is 0. The van der Waals surface area contributed by atoms with E-state index in [0.29, 0.717) is 12.1 Å². The van der Waals surface area contributed by atoms with Crippen LogP contribution in [-0.4, -0.2) is 11.7 Å². The van der Waals surface area contributed by atoms with Crippen molar-refractivity contribution in [2.75, 3.05) is 11.4 Å². The molecule has 1 aromatic heterocycles. The minimum absolute atomic E-state index is 0.339. The normalized spacial score (nSPS) is 12.4. The van der Waals surface area contributed by atoms with Gasteiger partial charge in [-0.15, -0.1) is 0 Å². The van der Waals surface area contributed by atoms with E-state index < -0.39 is 6.10 Å². The van der Waals surface area contributed by atoms with Gasteiger partial charge in [0.25, 0.3) is 0 Å². The standard InChI is InChI=1S/C15H18FNO2/c1-3-17(10-13-5-4-8-19-13)15-7-6-12(16)9-14(15)11(2)18/h4-9,11,18H,3,10H2,1-2H3/t11-/m0/s1. The minimum Gasteiger partial charge on any atom is -0.467 e. The van der Waals surface area contributed by atoms with Gasteiger partial charge < -0.3 is 14.4 Å². The zero-order valence-electron chi connectivity index (χ0n) is 11.1. The van der Waals surface area contributed by atoms with Crippen LogP contribution in [0.15, 0.2) is 41.0 Å². The number of anilines is 1. The predicted molar refractivity (Wildman–Crippen MR) is 72.5 cm³/mol. The predicted octanol–water partition coefficient (Wildman–Crippen LogP) is 3.50. The van der Waals surface area contributed by atoms with Crippen LogP contribution in [0.2, 0.25) is 0 Å². The fourth-order valence-electron chi connectivity index (χ4n) is 2.11. The van der Waals surface area contributed by atoms with Crippen LogP contribution in [0.5, 0.6) is 0 Å². The average Bonchev–Trinajstić information content (AvgIpc) is 2.89. The number of aliphatic hydroxyl groups is 1. The van der Waals surface area contributed by atoms with E-state index in [4.69, 9.17) is 4.42 Å². The largest absolute Gasteiger partial charge is 0.467 e. The van der Waals surface area contributed by atoms with Crippen molar-refractivity contribution in [2.24, 2.45) is 0 Å². The summed E-state index contributed by atoms with van der Waals surface area (Å²) in [5.41, 5.74) is 1.42. The number of hydrogen-bond acceptors (Lipinski definition) is 3. The van der Waals surface area contributed by atoms with Gasteiger partial charge >= 0.3 is 0 Å². The Labute approximate surface area is 112 Å². The molecule has 0 aliphatic rings. The molecular weight excluding hydrogens is 245 g/mol. The molecule has 0 fully saturated rings. The molecule has 102 valence electrons. The summed E-state index contributed by atoms with van der Waals surface area (Å²) in [5, 5.41) is 9.78. The van der Waals surface area contributed by atoms with E-state index in [1.165, 1.54) is 12.1 Å². The van der Waals surface area contributed by atoms with Crippen molar-refractivity contribution in [3.8, 4) is 0 Å². The molecule has 4 heteroatoms. The van der Waals surface area contributed by atoms with Gasteiger partial charge in [0.05, 0.1) is 18.9 Å². The molecular formula is C15H18FNO2. The summed E-state index contributed by atoms with van der Waals surface area (Å²) in [6.45, 7) is 4.98. The lowest BCUT2D eigenvalue weighted by Gasteiger charge is -2.25. The van der Waals surface area contributed by atoms with Crippen LogP contribution < -0.4 is 4.90 Å². The van der Waals surface area contributed by atoms with Crippen molar-refractivity contribution >= 4 is 5.69 Å². The maximum Gasteiger partial charge on any atom is 0.123 e. The Balaban J connectivity index is 2.32. The number of benzene rings is 1. The van der Waals surface area contributed by atoms with E-state index in [-0.39, 0.29) is 5.82 Å². The van der Waals surface area contributed by atoms with E-state index >= 15 is 0 Å². The Morgan fingerprint density at radius 2 is 2.16 bits per heavy atom. The molecule has 0 aliphatic carbocycles. The average molecular weight is 263 g/mol. The van der Waals surface area contributed by atoms with Crippen LogP contribution in [-0.2, 0) is 6.54 Å². The molecule has 0 radical (unpaired) electrons. The first-order valence-corrected chi connectivity index (χ1v) is 6.36. The number of aliphatic hydroxyl groups excluding tert-OH is 1. The molecule has 1 heterocycles. The zero-order chi connectivity index (χ0) is 13.8. The van der Waals surface area contributed by atoms with Gasteiger partial charge in [0.15, 0.2) is 0 Å². The van der Waals surface area contributed by atoms with Crippen LogP contribution in [0, 0.1) is 5.82 Å². The zero-order valence-corrected chi connectivity index (χ0v) is 11.1. The highest BCUT2D eigenvalue weighted by Crippen LogP contribution is 2.28. The van der Waals surface area contributed by atoms with E-state index in [1.54, 1.807) is 19.3 Å². The van der Waals surface area contributed by atoms with Crippen molar-refractivity contribution in [2.45, 2.75) is 26.5 Å². The fourth-order valence-corrected chi connectivity index (χ4v) is 2.11. The summed E-state index contributed by atoms with van der Waals surface area (Å²) in [5.74, 6) is 0.497. The van der Waals surface area contributed by atoms with Gasteiger partial charge in [-0.1, -0.05) is 0 Å². The number of hydrogen-bond donors (Lipinski definition) is 1. The molecule has 0 saturated carbocycles. The van der Waals surface area contributed by atoms with Gasteiger partial charge in [0, 0.05) is 17.8 Å². The molecule has 1 aromatic carbocycles. The van der Waals surface area contributed by atoms with E-state index in [9.17, 15) is 9.50 Å². The Bertz CT molecular complexity index is 523. The topological polar surface area (TPSA) is 36.6 Å². The third-order valence-electron chi connectivity index (χ3n) is 3.09. The summed E-state index contributed by atoms with van der Waals surface area (Å²) < 4.78 is 18.6. The highest BCUT2D eigenvalue weighted by Gasteiger charge is 2.15. The minimum atomic E-state index is -0.712. The van der Waals surface area contributed by atoms with Gasteiger partial charge in [-0.05, 0) is 44.2 Å². The molecule has 2 aromatic rings. The van der Waals surface area contributed by atoms with Crippen molar-refractivity contribution in [1.29, 1.82) is 0 Å². The second kappa shape index (κ2) is 5.89. The fraction of sp³-hybridized carbons (Fsp3) is 0.333. The molecule has 0 spiro atoms. The van der Waals surface area contributed by atoms with E-state index in [0.717, 1.165) is 18.0 Å². The third kappa shape index (κ3) is 3.15. The van der Waals surface area contributed by atoms with Crippen molar-refractivity contribution in [3.05, 3.63) is 53.7 Å². The summed E-state index contributed by atoms with van der Waals surface area (Å²) in [6.07, 6.45) is 0.917. The van der Waals surface area contributed by atoms with Crippen LogP contribution >= 0.6 is 0 Å². The Kier molecular flexibility index (Phi) is 4.22. The van der Waals surface area contributed by atoms with Crippen molar-refractivity contribution in [3.63, 3.8) is 0 Å². The second-order valence-electron chi connectivity index (χ2n) is 4.47. The number of halogens is 1. The monoisotopic (exact) mass is 263 g/mol. The van der Waals surface area contributed by atoms with Gasteiger partial charge in [0.2, 0.25) is 0 Å². The summed E-state index contributed by atoms with van der Waals surface area (Å²) >= 11 is 0. The molecule has 1 N–H and O–H groups in total. The van der Waals surface area contributed by atoms with E-state index in [1.807, 2.05) is 24.0 Å². The maximum absolute atomic E-state index is 13.3. The first kappa shape index (κ1) is 13.6. The lowest BCUT2D eigenvalue weighted by atomic mass is 10.1. The second-order valence-corrected chi connectivity index (χ2v) is 4.47. The highest BCUT2D eigenvalue weighted by molar-refractivity contribution is 5.54. The van der Waals surface area contributed by atoms with Crippen molar-refractivity contribution < 1.29 is 13.9 Å². The third-order valence-corrected chi connectivity index (χ3v) is 3.09. The van der Waals surface area contributed by atoms with Crippen molar-refractivity contribution in [1.82, 2.24) is 0 Å². The molecule has 0 aliphatic heterocycles. The SMILES string of the molecule is CCN(Cc1ccco1)c1ccc(F)cc1[C@H](C)O. The lowest BCUT2D eigenvalue weighted by molar-refractivity contribution is 0.199. The molecule has 2 rings (SSSR count). The Morgan fingerprint density at radius 3 is 2.74 bits per heavy atom. The number of furan rings is 1. The first-order valence-electron chi connectivity index (χ1n) is 6.36. The summed E-state index contributed by atoms with van der Waals surface area (Å²) in [4.78, 5) is 2.04. The molecule has 19 heavy (non-hydrogen) atoms. The van der Waals surface area contributed by atoms with Crippen LogP contribution in [0.25, 0.3) is 0 Å². The van der Waals surface area contributed by atoms with Gasteiger partial charge in [-0.3, -0.25) is 0 Å². The lowest BCUT2D eigenvalue weighted by Crippen LogP contribution is -2.23. The van der Waals surface area contributed by atoms with Crippen LogP contribution in [0.3, 0.4) is 0 Å². The molecule has 0 bridgehead atoms. The number of rotatable bonds is 5. The van der Waals surface area contributed by atoms with Crippen LogP contribution in [0.1, 0.15) is 31.3 Å². The molecule has 0 saturated heterocycles. The smallest absolute Gasteiger partial charge is 0.123 e. The molecule has 3 nitrogen and oxygen atoms in total. The molecule has 1 atom stereocenters. The molecule has 0 unspecified atom stereocenters. The Morgan fingerprint density at radius 1 is 1.37 bits per heavy atom. The quantitative estimate of drug-likeness (QED) is 0.897. The highest BCUT2D eigenvalue weighted by atomic mass is 19.1. The maximum atomic E-state index is 13.3. The first-order chi connectivity index (χ1) is 9.11. The molecule has 0 amide bonds.